The first kappa shape index (κ1) is 17.2. The van der Waals surface area contributed by atoms with E-state index in [2.05, 4.69) is 27.4 Å². The molecule has 5 heteroatoms. The maximum Gasteiger partial charge on any atom is 0.191 e. The molecule has 24 heavy (non-hydrogen) atoms. The summed E-state index contributed by atoms with van der Waals surface area (Å²) in [5, 5.41) is 7.00. The van der Waals surface area contributed by atoms with Gasteiger partial charge in [-0.2, -0.15) is 0 Å². The molecule has 2 aliphatic rings. The van der Waals surface area contributed by atoms with E-state index >= 15 is 0 Å². The molecular weight excluding hydrogens is 298 g/mol. The third-order valence-electron chi connectivity index (χ3n) is 5.09. The molecule has 0 spiro atoms. The van der Waals surface area contributed by atoms with Gasteiger partial charge in [0.25, 0.3) is 0 Å². The number of hydrogen-bond donors (Lipinski definition) is 2. The normalized spacial score (nSPS) is 22.9. The third-order valence-corrected chi connectivity index (χ3v) is 5.09. The minimum absolute atomic E-state index is 0.508. The zero-order valence-electron chi connectivity index (χ0n) is 15.1. The summed E-state index contributed by atoms with van der Waals surface area (Å²) in [5.41, 5.74) is 2.06. The van der Waals surface area contributed by atoms with Gasteiger partial charge in [-0.3, -0.25) is 9.88 Å². The van der Waals surface area contributed by atoms with E-state index in [1.54, 1.807) is 0 Å². The molecule has 1 aromatic heterocycles. The highest BCUT2D eigenvalue weighted by atomic mass is 15.3. The molecule has 2 N–H and O–H groups in total. The Labute approximate surface area is 146 Å². The molecule has 2 fully saturated rings. The van der Waals surface area contributed by atoms with Crippen LogP contribution in [0.1, 0.15) is 50.4 Å². The number of guanidine groups is 1. The highest BCUT2D eigenvalue weighted by Gasteiger charge is 2.30. The molecule has 0 bridgehead atoms. The molecule has 2 heterocycles. The maximum atomic E-state index is 4.72. The van der Waals surface area contributed by atoms with Crippen LogP contribution in [0.4, 0.5) is 0 Å². The lowest BCUT2D eigenvalue weighted by molar-refractivity contribution is 0.242. The minimum atomic E-state index is 0.508. The predicted molar refractivity (Wildman–Crippen MR) is 99.2 cm³/mol. The number of hydrogen-bond acceptors (Lipinski definition) is 3. The number of aryl methyl sites for hydroxylation is 1. The number of aromatic nitrogens is 1. The number of likely N-dealkylation sites (tertiary alicyclic amines) is 1. The Morgan fingerprint density at radius 3 is 2.88 bits per heavy atom. The van der Waals surface area contributed by atoms with Crippen molar-refractivity contribution in [3.63, 3.8) is 0 Å². The Morgan fingerprint density at radius 1 is 1.29 bits per heavy atom. The molecular formula is C19H31N5. The van der Waals surface area contributed by atoms with Crippen molar-refractivity contribution in [2.45, 2.75) is 64.6 Å². The molecule has 5 nitrogen and oxygen atoms in total. The van der Waals surface area contributed by atoms with Gasteiger partial charge in [0, 0.05) is 37.4 Å². The molecule has 0 amide bonds. The van der Waals surface area contributed by atoms with Gasteiger partial charge >= 0.3 is 0 Å². The van der Waals surface area contributed by atoms with Crippen LogP contribution in [0.25, 0.3) is 0 Å². The van der Waals surface area contributed by atoms with Crippen LogP contribution in [0.5, 0.6) is 0 Å². The fourth-order valence-corrected chi connectivity index (χ4v) is 3.87. The highest BCUT2D eigenvalue weighted by molar-refractivity contribution is 5.80. The van der Waals surface area contributed by atoms with Gasteiger partial charge in [-0.05, 0) is 45.2 Å². The van der Waals surface area contributed by atoms with Gasteiger partial charge in [0.05, 0.1) is 12.2 Å². The second-order valence-electron chi connectivity index (χ2n) is 7.03. The molecule has 3 rings (SSSR count). The fourth-order valence-electron chi connectivity index (χ4n) is 3.87. The lowest BCUT2D eigenvalue weighted by atomic mass is 10.2. The smallest absolute Gasteiger partial charge is 0.191 e. The Morgan fingerprint density at radius 2 is 2.12 bits per heavy atom. The van der Waals surface area contributed by atoms with Crippen molar-refractivity contribution < 1.29 is 0 Å². The summed E-state index contributed by atoms with van der Waals surface area (Å²) < 4.78 is 0. The summed E-state index contributed by atoms with van der Waals surface area (Å²) in [5.74, 6) is 0.916. The zero-order valence-corrected chi connectivity index (χ0v) is 15.1. The summed E-state index contributed by atoms with van der Waals surface area (Å²) in [6.07, 6.45) is 6.81. The number of aliphatic imine (C=N–C) groups is 1. The Kier molecular flexibility index (Phi) is 6.07. The average Bonchev–Trinajstić information content (AvgIpc) is 3.24. The van der Waals surface area contributed by atoms with E-state index in [1.165, 1.54) is 38.6 Å². The van der Waals surface area contributed by atoms with Crippen LogP contribution < -0.4 is 10.6 Å². The topological polar surface area (TPSA) is 52.6 Å². The number of pyridine rings is 1. The maximum absolute atomic E-state index is 4.72. The van der Waals surface area contributed by atoms with Crippen LogP contribution in [0.2, 0.25) is 0 Å². The molecule has 1 unspecified atom stereocenters. The number of nitrogens with zero attached hydrogens (tertiary/aromatic N) is 3. The van der Waals surface area contributed by atoms with Crippen LogP contribution in [-0.4, -0.2) is 47.6 Å². The molecule has 132 valence electrons. The highest BCUT2D eigenvalue weighted by Crippen LogP contribution is 2.26. The Hall–Kier alpha value is -1.62. The van der Waals surface area contributed by atoms with Gasteiger partial charge in [0.2, 0.25) is 0 Å². The summed E-state index contributed by atoms with van der Waals surface area (Å²) in [7, 11) is 0. The second kappa shape index (κ2) is 8.47. The van der Waals surface area contributed by atoms with E-state index in [1.807, 2.05) is 25.1 Å². The van der Waals surface area contributed by atoms with Gasteiger partial charge < -0.3 is 10.6 Å². The zero-order chi connectivity index (χ0) is 16.8. The van der Waals surface area contributed by atoms with Gasteiger partial charge in [-0.15, -0.1) is 0 Å². The lowest BCUT2D eigenvalue weighted by Gasteiger charge is -2.24. The monoisotopic (exact) mass is 329 g/mol. The Bertz CT molecular complexity index is 550. The van der Waals surface area contributed by atoms with Crippen LogP contribution in [0.15, 0.2) is 23.2 Å². The summed E-state index contributed by atoms with van der Waals surface area (Å²) in [6.45, 7) is 8.01. The van der Waals surface area contributed by atoms with Crippen molar-refractivity contribution in [3.8, 4) is 0 Å². The molecule has 1 aliphatic carbocycles. The summed E-state index contributed by atoms with van der Waals surface area (Å²) >= 11 is 0. The van der Waals surface area contributed by atoms with Crippen LogP contribution >= 0.6 is 0 Å². The molecule has 0 aromatic carbocycles. The third kappa shape index (κ3) is 4.69. The van der Waals surface area contributed by atoms with Gasteiger partial charge in [-0.1, -0.05) is 18.9 Å². The molecule has 1 atom stereocenters. The minimum Gasteiger partial charge on any atom is -0.357 e. The number of rotatable bonds is 5. The van der Waals surface area contributed by atoms with Crippen molar-refractivity contribution in [1.82, 2.24) is 20.5 Å². The van der Waals surface area contributed by atoms with Crippen molar-refractivity contribution in [1.29, 1.82) is 0 Å². The summed E-state index contributed by atoms with van der Waals surface area (Å²) in [6, 6.07) is 7.44. The Balaban J connectivity index is 1.54. The predicted octanol–water partition coefficient (Wildman–Crippen LogP) is 2.46. The molecule has 1 aromatic rings. The lowest BCUT2D eigenvalue weighted by Crippen LogP contribution is -2.45. The molecule has 0 radical (unpaired) electrons. The molecule has 1 aliphatic heterocycles. The van der Waals surface area contributed by atoms with E-state index in [-0.39, 0.29) is 0 Å². The van der Waals surface area contributed by atoms with Crippen LogP contribution in [0.3, 0.4) is 0 Å². The SMILES string of the molecule is CCNC(=NCc1cccc(C)n1)NC1CCN(C2CCCC2)C1. The largest absolute Gasteiger partial charge is 0.357 e. The van der Waals surface area contributed by atoms with Crippen molar-refractivity contribution in [2.75, 3.05) is 19.6 Å². The first-order valence-corrected chi connectivity index (χ1v) is 9.46. The first-order valence-electron chi connectivity index (χ1n) is 9.46. The van der Waals surface area contributed by atoms with E-state index in [0.29, 0.717) is 12.6 Å². The number of nitrogens with one attached hydrogen (secondary N) is 2. The molecule has 1 saturated heterocycles. The summed E-state index contributed by atoms with van der Waals surface area (Å²) in [4.78, 5) is 11.9. The van der Waals surface area contributed by atoms with E-state index in [4.69, 9.17) is 4.99 Å². The van der Waals surface area contributed by atoms with Crippen molar-refractivity contribution in [3.05, 3.63) is 29.6 Å². The van der Waals surface area contributed by atoms with E-state index < -0.39 is 0 Å². The van der Waals surface area contributed by atoms with Gasteiger partial charge in [0.15, 0.2) is 5.96 Å². The van der Waals surface area contributed by atoms with Gasteiger partial charge in [0.1, 0.15) is 0 Å². The average molecular weight is 329 g/mol. The van der Waals surface area contributed by atoms with Crippen LogP contribution in [0, 0.1) is 6.92 Å². The first-order chi connectivity index (χ1) is 11.7. The van der Waals surface area contributed by atoms with E-state index in [9.17, 15) is 0 Å². The van der Waals surface area contributed by atoms with Crippen molar-refractivity contribution >= 4 is 5.96 Å². The molecule has 1 saturated carbocycles. The second-order valence-corrected chi connectivity index (χ2v) is 7.03. The van der Waals surface area contributed by atoms with Gasteiger partial charge in [-0.25, -0.2) is 4.99 Å². The van der Waals surface area contributed by atoms with Crippen molar-refractivity contribution in [2.24, 2.45) is 4.99 Å². The quantitative estimate of drug-likeness (QED) is 0.644. The van der Waals surface area contributed by atoms with Crippen LogP contribution in [-0.2, 0) is 6.54 Å². The van der Waals surface area contributed by atoms with E-state index in [0.717, 1.165) is 36.5 Å². The standard InChI is InChI=1S/C19H31N5/c1-3-20-19(21-13-16-8-6-7-15(2)22-16)23-17-11-12-24(14-17)18-9-4-5-10-18/h6-8,17-18H,3-5,9-14H2,1-2H3,(H2,20,21,23). The fraction of sp³-hybridized carbons (Fsp3) is 0.684.